The molecule has 0 bridgehead atoms. The molecule has 1 heterocycles. The molecule has 0 aromatic carbocycles. The highest BCUT2D eigenvalue weighted by molar-refractivity contribution is 7.86. The van der Waals surface area contributed by atoms with Crippen molar-refractivity contribution in [2.75, 3.05) is 19.3 Å². The fraction of sp³-hybridized carbons (Fsp3) is 1.00. The second-order valence-corrected chi connectivity index (χ2v) is 6.57. The molecule has 1 saturated carbocycles. The van der Waals surface area contributed by atoms with Crippen LogP contribution in [0.2, 0.25) is 0 Å². The van der Waals surface area contributed by atoms with E-state index in [1.807, 2.05) is 0 Å². The van der Waals surface area contributed by atoms with Crippen molar-refractivity contribution in [1.82, 2.24) is 4.90 Å². The van der Waals surface area contributed by atoms with E-state index in [4.69, 9.17) is 4.18 Å². The minimum absolute atomic E-state index is 0.0901. The molecule has 1 aliphatic carbocycles. The third-order valence-electron chi connectivity index (χ3n) is 3.63. The van der Waals surface area contributed by atoms with Crippen LogP contribution in [-0.4, -0.2) is 44.8 Å². The summed E-state index contributed by atoms with van der Waals surface area (Å²) in [5.41, 5.74) is 0. The van der Waals surface area contributed by atoms with Crippen molar-refractivity contribution in [3.63, 3.8) is 0 Å². The summed E-state index contributed by atoms with van der Waals surface area (Å²) in [5, 5.41) is 0. The molecule has 0 unspecified atom stereocenters. The van der Waals surface area contributed by atoms with Gasteiger partial charge in [-0.15, -0.1) is 0 Å². The first-order valence-electron chi connectivity index (χ1n) is 6.17. The Kier molecular flexibility index (Phi) is 3.87. The van der Waals surface area contributed by atoms with Crippen LogP contribution in [0.15, 0.2) is 0 Å². The normalized spacial score (nSPS) is 26.3. The summed E-state index contributed by atoms with van der Waals surface area (Å²) >= 11 is 0. The Morgan fingerprint density at radius 3 is 2.12 bits per heavy atom. The van der Waals surface area contributed by atoms with Gasteiger partial charge in [0.1, 0.15) is 0 Å². The van der Waals surface area contributed by atoms with Gasteiger partial charge in [-0.2, -0.15) is 8.42 Å². The molecule has 0 aromatic rings. The van der Waals surface area contributed by atoms with Crippen LogP contribution in [0, 0.1) is 0 Å². The van der Waals surface area contributed by atoms with Crippen molar-refractivity contribution in [1.29, 1.82) is 0 Å². The molecule has 1 aliphatic heterocycles. The van der Waals surface area contributed by atoms with Gasteiger partial charge in [-0.25, -0.2) is 0 Å². The molecule has 0 atom stereocenters. The Bertz CT molecular complexity index is 314. The first kappa shape index (κ1) is 12.3. The van der Waals surface area contributed by atoms with Crippen molar-refractivity contribution in [3.05, 3.63) is 0 Å². The monoisotopic (exact) mass is 247 g/mol. The minimum atomic E-state index is -3.28. The molecule has 4 nitrogen and oxygen atoms in total. The van der Waals surface area contributed by atoms with Crippen molar-refractivity contribution in [3.8, 4) is 0 Å². The Morgan fingerprint density at radius 2 is 1.62 bits per heavy atom. The highest BCUT2D eigenvalue weighted by Gasteiger charge is 2.28. The first-order valence-corrected chi connectivity index (χ1v) is 7.98. The third-order valence-corrected chi connectivity index (χ3v) is 4.25. The van der Waals surface area contributed by atoms with Gasteiger partial charge in [-0.3, -0.25) is 4.18 Å². The van der Waals surface area contributed by atoms with Crippen molar-refractivity contribution in [2.45, 2.75) is 50.7 Å². The van der Waals surface area contributed by atoms with Crippen LogP contribution >= 0.6 is 0 Å². The number of nitrogens with zero attached hydrogens (tertiary/aromatic N) is 1. The van der Waals surface area contributed by atoms with Gasteiger partial charge in [-0.1, -0.05) is 12.8 Å². The maximum atomic E-state index is 11.0. The highest BCUT2D eigenvalue weighted by atomic mass is 32.2. The smallest absolute Gasteiger partial charge is 0.264 e. The van der Waals surface area contributed by atoms with E-state index in [1.54, 1.807) is 0 Å². The van der Waals surface area contributed by atoms with Crippen molar-refractivity contribution >= 4 is 10.1 Å². The zero-order valence-electron chi connectivity index (χ0n) is 9.89. The molecule has 0 spiro atoms. The molecule has 2 fully saturated rings. The summed E-state index contributed by atoms with van der Waals surface area (Å²) in [6.07, 6.45) is 8.08. The largest absolute Gasteiger partial charge is 0.300 e. The highest BCUT2D eigenvalue weighted by Crippen LogP contribution is 2.27. The number of piperidine rings is 1. The molecule has 0 aromatic heterocycles. The maximum absolute atomic E-state index is 11.0. The lowest BCUT2D eigenvalue weighted by molar-refractivity contribution is 0.0813. The van der Waals surface area contributed by atoms with Crippen molar-refractivity contribution < 1.29 is 12.6 Å². The van der Waals surface area contributed by atoms with E-state index in [2.05, 4.69) is 4.90 Å². The quantitative estimate of drug-likeness (QED) is 0.707. The fourth-order valence-corrected chi connectivity index (χ4v) is 3.54. The number of likely N-dealkylation sites (tertiary alicyclic amines) is 1. The molecular formula is C11H21NO3S. The topological polar surface area (TPSA) is 46.6 Å². The summed E-state index contributed by atoms with van der Waals surface area (Å²) in [4.78, 5) is 2.51. The second kappa shape index (κ2) is 5.02. The number of rotatable bonds is 3. The Labute approximate surface area is 98.1 Å². The molecule has 94 valence electrons. The van der Waals surface area contributed by atoms with Crippen LogP contribution in [0.4, 0.5) is 0 Å². The van der Waals surface area contributed by atoms with Crippen LogP contribution in [-0.2, 0) is 14.3 Å². The van der Waals surface area contributed by atoms with Gasteiger partial charge in [0.25, 0.3) is 10.1 Å². The van der Waals surface area contributed by atoms with Gasteiger partial charge in [0.15, 0.2) is 0 Å². The van der Waals surface area contributed by atoms with E-state index in [9.17, 15) is 8.42 Å². The maximum Gasteiger partial charge on any atom is 0.264 e. The predicted octanol–water partition coefficient (Wildman–Crippen LogP) is 1.37. The van der Waals surface area contributed by atoms with E-state index in [1.165, 1.54) is 25.7 Å². The minimum Gasteiger partial charge on any atom is -0.300 e. The summed E-state index contributed by atoms with van der Waals surface area (Å²) in [6, 6.07) is 0.749. The zero-order valence-corrected chi connectivity index (χ0v) is 10.7. The van der Waals surface area contributed by atoms with Crippen LogP contribution < -0.4 is 0 Å². The van der Waals surface area contributed by atoms with Gasteiger partial charge in [0.05, 0.1) is 12.4 Å². The third kappa shape index (κ3) is 3.43. The summed E-state index contributed by atoms with van der Waals surface area (Å²) in [5.74, 6) is 0. The first-order chi connectivity index (χ1) is 7.54. The lowest BCUT2D eigenvalue weighted by Gasteiger charge is -2.35. The molecular weight excluding hydrogens is 226 g/mol. The zero-order chi connectivity index (χ0) is 11.6. The summed E-state index contributed by atoms with van der Waals surface area (Å²) in [6.45, 7) is 1.98. The van der Waals surface area contributed by atoms with Gasteiger partial charge >= 0.3 is 0 Å². The lowest BCUT2D eigenvalue weighted by atomic mass is 10.1. The average Bonchev–Trinajstić information content (AvgIpc) is 2.69. The Hall–Kier alpha value is -0.130. The summed E-state index contributed by atoms with van der Waals surface area (Å²) < 4.78 is 27.0. The number of hydrogen-bond donors (Lipinski definition) is 0. The number of hydrogen-bond acceptors (Lipinski definition) is 4. The molecule has 0 N–H and O–H groups in total. The molecule has 16 heavy (non-hydrogen) atoms. The van der Waals surface area contributed by atoms with Crippen molar-refractivity contribution in [2.24, 2.45) is 0 Å². The average molecular weight is 247 g/mol. The van der Waals surface area contributed by atoms with Crippen LogP contribution in [0.1, 0.15) is 38.5 Å². The van der Waals surface area contributed by atoms with Crippen LogP contribution in [0.3, 0.4) is 0 Å². The second-order valence-electron chi connectivity index (χ2n) is 4.97. The predicted molar refractivity (Wildman–Crippen MR) is 62.8 cm³/mol. The fourth-order valence-electron chi connectivity index (χ4n) is 2.85. The molecule has 5 heteroatoms. The molecule has 2 rings (SSSR count). The Morgan fingerprint density at radius 1 is 1.06 bits per heavy atom. The van der Waals surface area contributed by atoms with E-state index >= 15 is 0 Å². The summed E-state index contributed by atoms with van der Waals surface area (Å²) in [7, 11) is -3.28. The van der Waals surface area contributed by atoms with E-state index in [0.29, 0.717) is 0 Å². The molecule has 0 radical (unpaired) electrons. The molecule has 2 aliphatic rings. The molecule has 1 saturated heterocycles. The van der Waals surface area contributed by atoms with E-state index < -0.39 is 10.1 Å². The van der Waals surface area contributed by atoms with Crippen LogP contribution in [0.25, 0.3) is 0 Å². The van der Waals surface area contributed by atoms with E-state index in [-0.39, 0.29) is 6.10 Å². The van der Waals surface area contributed by atoms with Gasteiger partial charge < -0.3 is 4.90 Å². The molecule has 0 amide bonds. The van der Waals surface area contributed by atoms with E-state index in [0.717, 1.165) is 38.2 Å². The van der Waals surface area contributed by atoms with Gasteiger partial charge in [0, 0.05) is 19.1 Å². The van der Waals surface area contributed by atoms with Gasteiger partial charge in [-0.05, 0) is 25.7 Å². The SMILES string of the molecule is CS(=O)(=O)OC1CCN(C2CCCC2)CC1. The lowest BCUT2D eigenvalue weighted by Crippen LogP contribution is -2.42. The van der Waals surface area contributed by atoms with Crippen LogP contribution in [0.5, 0.6) is 0 Å². The van der Waals surface area contributed by atoms with Gasteiger partial charge in [0.2, 0.25) is 0 Å². The Balaban J connectivity index is 1.78. The standard InChI is InChI=1S/C11H21NO3S/c1-16(13,14)15-11-6-8-12(9-7-11)10-4-2-3-5-10/h10-11H,2-9H2,1H3.